The fraction of sp³-hybridized carbons (Fsp3) is 0.208. The fourth-order valence-corrected chi connectivity index (χ4v) is 4.30. The Labute approximate surface area is 185 Å². The molecule has 1 fully saturated rings. The Kier molecular flexibility index (Phi) is 5.34. The SMILES string of the molecule is Cn1c(-c2ccccc2)cnc1SCC(=O)Nc1cc(C2CC2)nn1-c1ccccc1. The molecule has 0 radical (unpaired) electrons. The largest absolute Gasteiger partial charge is 0.322 e. The second kappa shape index (κ2) is 8.43. The number of carbonyl (C=O) groups excluding carboxylic acids is 1. The third-order valence-corrected chi connectivity index (χ3v) is 6.38. The summed E-state index contributed by atoms with van der Waals surface area (Å²) in [6.07, 6.45) is 4.18. The van der Waals surface area contributed by atoms with E-state index >= 15 is 0 Å². The number of rotatable bonds is 7. The van der Waals surface area contributed by atoms with Crippen LogP contribution < -0.4 is 5.32 Å². The average molecular weight is 430 g/mol. The van der Waals surface area contributed by atoms with Gasteiger partial charge in [-0.25, -0.2) is 9.67 Å². The summed E-state index contributed by atoms with van der Waals surface area (Å²) in [6.45, 7) is 0. The second-order valence-electron chi connectivity index (χ2n) is 7.66. The molecule has 0 bridgehead atoms. The van der Waals surface area contributed by atoms with E-state index in [1.54, 1.807) is 0 Å². The van der Waals surface area contributed by atoms with E-state index in [9.17, 15) is 4.79 Å². The summed E-state index contributed by atoms with van der Waals surface area (Å²) < 4.78 is 3.84. The lowest BCUT2D eigenvalue weighted by Gasteiger charge is -2.09. The molecular weight excluding hydrogens is 406 g/mol. The number of nitrogens with zero attached hydrogens (tertiary/aromatic N) is 4. The molecule has 2 aromatic heterocycles. The molecule has 0 unspecified atom stereocenters. The van der Waals surface area contributed by atoms with Gasteiger partial charge in [-0.05, 0) is 30.5 Å². The normalized spacial score (nSPS) is 13.3. The number of para-hydroxylation sites is 1. The molecule has 1 aliphatic rings. The monoisotopic (exact) mass is 429 g/mol. The van der Waals surface area contributed by atoms with Gasteiger partial charge in [-0.1, -0.05) is 60.3 Å². The van der Waals surface area contributed by atoms with E-state index in [2.05, 4.69) is 22.4 Å². The van der Waals surface area contributed by atoms with Gasteiger partial charge in [0, 0.05) is 19.0 Å². The highest BCUT2D eigenvalue weighted by Gasteiger charge is 2.28. The average Bonchev–Trinajstić information content (AvgIpc) is 3.47. The lowest BCUT2D eigenvalue weighted by molar-refractivity contribution is -0.113. The topological polar surface area (TPSA) is 64.7 Å². The Morgan fingerprint density at radius 1 is 1.10 bits per heavy atom. The summed E-state index contributed by atoms with van der Waals surface area (Å²) in [5.41, 5.74) is 4.12. The third-order valence-electron chi connectivity index (χ3n) is 5.34. The van der Waals surface area contributed by atoms with Gasteiger partial charge in [0.2, 0.25) is 5.91 Å². The first kappa shape index (κ1) is 19.6. The summed E-state index contributed by atoms with van der Waals surface area (Å²) >= 11 is 1.43. The molecule has 0 aliphatic heterocycles. The van der Waals surface area contributed by atoms with Crippen molar-refractivity contribution in [3.8, 4) is 16.9 Å². The second-order valence-corrected chi connectivity index (χ2v) is 8.61. The first-order valence-corrected chi connectivity index (χ1v) is 11.3. The van der Waals surface area contributed by atoms with Gasteiger partial charge in [0.1, 0.15) is 5.82 Å². The van der Waals surface area contributed by atoms with E-state index in [-0.39, 0.29) is 11.7 Å². The van der Waals surface area contributed by atoms with Crippen LogP contribution in [0.2, 0.25) is 0 Å². The number of amides is 1. The number of nitrogens with one attached hydrogen (secondary N) is 1. The molecule has 2 heterocycles. The highest BCUT2D eigenvalue weighted by molar-refractivity contribution is 7.99. The maximum absolute atomic E-state index is 12.7. The number of hydrogen-bond acceptors (Lipinski definition) is 4. The van der Waals surface area contributed by atoms with Crippen LogP contribution >= 0.6 is 11.8 Å². The zero-order chi connectivity index (χ0) is 21.2. The Morgan fingerprint density at radius 3 is 2.52 bits per heavy atom. The van der Waals surface area contributed by atoms with Crippen molar-refractivity contribution in [2.24, 2.45) is 7.05 Å². The van der Waals surface area contributed by atoms with E-state index in [4.69, 9.17) is 5.10 Å². The van der Waals surface area contributed by atoms with Crippen molar-refractivity contribution in [2.75, 3.05) is 11.1 Å². The van der Waals surface area contributed by atoms with Crippen LogP contribution in [-0.2, 0) is 11.8 Å². The molecule has 0 saturated heterocycles. The molecule has 1 amide bonds. The molecular formula is C24H23N5OS. The first-order chi connectivity index (χ1) is 15.2. The van der Waals surface area contributed by atoms with Gasteiger partial charge in [0.25, 0.3) is 0 Å². The zero-order valence-electron chi connectivity index (χ0n) is 17.2. The van der Waals surface area contributed by atoms with Crippen LogP contribution in [0.1, 0.15) is 24.5 Å². The highest BCUT2D eigenvalue weighted by Crippen LogP contribution is 2.40. The van der Waals surface area contributed by atoms with Crippen molar-refractivity contribution in [1.82, 2.24) is 19.3 Å². The van der Waals surface area contributed by atoms with Gasteiger partial charge in [-0.2, -0.15) is 5.10 Å². The molecule has 6 nitrogen and oxygen atoms in total. The summed E-state index contributed by atoms with van der Waals surface area (Å²) in [7, 11) is 1.97. The van der Waals surface area contributed by atoms with Crippen LogP contribution in [0.3, 0.4) is 0 Å². The highest BCUT2D eigenvalue weighted by atomic mass is 32.2. The van der Waals surface area contributed by atoms with Crippen molar-refractivity contribution in [2.45, 2.75) is 23.9 Å². The van der Waals surface area contributed by atoms with Gasteiger partial charge >= 0.3 is 0 Å². The molecule has 1 N–H and O–H groups in total. The molecule has 5 rings (SSSR count). The summed E-state index contributed by atoms with van der Waals surface area (Å²) in [6, 6.07) is 22.0. The molecule has 1 saturated carbocycles. The lowest BCUT2D eigenvalue weighted by atomic mass is 10.2. The van der Waals surface area contributed by atoms with Crippen molar-refractivity contribution >= 4 is 23.5 Å². The van der Waals surface area contributed by atoms with Crippen LogP contribution in [0, 0.1) is 0 Å². The van der Waals surface area contributed by atoms with Crippen LogP contribution in [0.15, 0.2) is 78.1 Å². The van der Waals surface area contributed by atoms with Crippen molar-refractivity contribution in [3.05, 3.63) is 78.6 Å². The maximum atomic E-state index is 12.7. The van der Waals surface area contributed by atoms with Crippen LogP contribution in [0.25, 0.3) is 16.9 Å². The predicted molar refractivity (Wildman–Crippen MR) is 124 cm³/mol. The zero-order valence-corrected chi connectivity index (χ0v) is 18.0. The van der Waals surface area contributed by atoms with E-state index in [0.29, 0.717) is 11.7 Å². The van der Waals surface area contributed by atoms with Gasteiger partial charge in [-0.3, -0.25) is 4.79 Å². The summed E-state index contributed by atoms with van der Waals surface area (Å²) in [5.74, 6) is 1.42. The standard InChI is InChI=1S/C24H23N5OS/c1-28-21(18-8-4-2-5-9-18)15-25-24(28)31-16-23(30)26-22-14-20(17-12-13-17)27-29(22)19-10-6-3-7-11-19/h2-11,14-15,17H,12-13,16H2,1H3,(H,26,30). The Hall–Kier alpha value is -3.32. The number of hydrogen-bond donors (Lipinski definition) is 1. The number of imidazole rings is 1. The van der Waals surface area contributed by atoms with Gasteiger partial charge < -0.3 is 9.88 Å². The van der Waals surface area contributed by atoms with E-state index in [1.165, 1.54) is 11.8 Å². The van der Waals surface area contributed by atoms with Gasteiger partial charge in [0.05, 0.1) is 29.0 Å². The molecule has 156 valence electrons. The molecule has 2 aromatic carbocycles. The minimum atomic E-state index is -0.0753. The van der Waals surface area contributed by atoms with Crippen molar-refractivity contribution in [1.29, 1.82) is 0 Å². The first-order valence-electron chi connectivity index (χ1n) is 10.3. The molecule has 31 heavy (non-hydrogen) atoms. The Balaban J connectivity index is 1.29. The molecule has 0 atom stereocenters. The minimum Gasteiger partial charge on any atom is -0.322 e. The fourth-order valence-electron chi connectivity index (χ4n) is 3.55. The van der Waals surface area contributed by atoms with Crippen LogP contribution in [0.4, 0.5) is 5.82 Å². The molecule has 0 spiro atoms. The third kappa shape index (κ3) is 4.27. The van der Waals surface area contributed by atoms with Gasteiger partial charge in [0.15, 0.2) is 5.16 Å². The number of aromatic nitrogens is 4. The predicted octanol–water partition coefficient (Wildman–Crippen LogP) is 4.88. The summed E-state index contributed by atoms with van der Waals surface area (Å²) in [5, 5.41) is 8.60. The Bertz CT molecular complexity index is 1200. The van der Waals surface area contributed by atoms with E-state index in [0.717, 1.165) is 40.6 Å². The quantitative estimate of drug-likeness (QED) is 0.425. The minimum absolute atomic E-state index is 0.0753. The van der Waals surface area contributed by atoms with Crippen molar-refractivity contribution < 1.29 is 4.79 Å². The molecule has 1 aliphatic carbocycles. The smallest absolute Gasteiger partial charge is 0.236 e. The van der Waals surface area contributed by atoms with Crippen molar-refractivity contribution in [3.63, 3.8) is 0 Å². The summed E-state index contributed by atoms with van der Waals surface area (Å²) in [4.78, 5) is 17.2. The number of carbonyl (C=O) groups is 1. The molecule has 7 heteroatoms. The number of thioether (sulfide) groups is 1. The maximum Gasteiger partial charge on any atom is 0.236 e. The van der Waals surface area contributed by atoms with E-state index < -0.39 is 0 Å². The van der Waals surface area contributed by atoms with Crippen LogP contribution in [-0.4, -0.2) is 31.0 Å². The van der Waals surface area contributed by atoms with E-state index in [1.807, 2.05) is 77.1 Å². The number of anilines is 1. The lowest BCUT2D eigenvalue weighted by Crippen LogP contribution is -2.17. The van der Waals surface area contributed by atoms with Gasteiger partial charge in [-0.15, -0.1) is 0 Å². The number of benzene rings is 2. The van der Waals surface area contributed by atoms with Crippen LogP contribution in [0.5, 0.6) is 0 Å². The Morgan fingerprint density at radius 2 is 1.81 bits per heavy atom. The molecule has 4 aromatic rings.